The molecular formula is C15H23N3O3. The highest BCUT2D eigenvalue weighted by Gasteiger charge is 2.16. The summed E-state index contributed by atoms with van der Waals surface area (Å²) in [5.41, 5.74) is 2.00. The molecule has 0 spiro atoms. The van der Waals surface area contributed by atoms with Crippen LogP contribution in [0.4, 0.5) is 4.79 Å². The monoisotopic (exact) mass is 293 g/mol. The highest BCUT2D eigenvalue weighted by atomic mass is 16.4. The van der Waals surface area contributed by atoms with Crippen LogP contribution in [-0.4, -0.2) is 47.1 Å². The molecule has 21 heavy (non-hydrogen) atoms. The van der Waals surface area contributed by atoms with Crippen LogP contribution >= 0.6 is 0 Å². The van der Waals surface area contributed by atoms with Crippen molar-refractivity contribution in [3.8, 4) is 0 Å². The van der Waals surface area contributed by atoms with Gasteiger partial charge in [-0.15, -0.1) is 0 Å². The topological polar surface area (TPSA) is 82.5 Å². The molecule has 0 aliphatic heterocycles. The van der Waals surface area contributed by atoms with Crippen LogP contribution in [0.5, 0.6) is 0 Å². The van der Waals surface area contributed by atoms with Crippen molar-refractivity contribution in [3.63, 3.8) is 0 Å². The summed E-state index contributed by atoms with van der Waals surface area (Å²) in [6.07, 6.45) is 1.60. The molecule has 1 aromatic rings. The second kappa shape index (κ2) is 8.24. The van der Waals surface area contributed by atoms with E-state index in [0.29, 0.717) is 6.54 Å². The Morgan fingerprint density at radius 3 is 2.76 bits per heavy atom. The van der Waals surface area contributed by atoms with Gasteiger partial charge in [0.05, 0.1) is 5.92 Å². The molecule has 1 aromatic heterocycles. The van der Waals surface area contributed by atoms with E-state index >= 15 is 0 Å². The third-order valence-electron chi connectivity index (χ3n) is 3.15. The maximum atomic E-state index is 11.8. The summed E-state index contributed by atoms with van der Waals surface area (Å²) >= 11 is 0. The number of carbonyl (C=O) groups is 2. The van der Waals surface area contributed by atoms with Crippen LogP contribution in [-0.2, 0) is 11.2 Å². The maximum Gasteiger partial charge on any atom is 0.317 e. The number of hydrogen-bond acceptors (Lipinski definition) is 3. The third kappa shape index (κ3) is 6.25. The molecule has 1 rings (SSSR count). The van der Waals surface area contributed by atoms with Crippen molar-refractivity contribution in [1.82, 2.24) is 15.2 Å². The van der Waals surface area contributed by atoms with Gasteiger partial charge in [0.2, 0.25) is 0 Å². The lowest BCUT2D eigenvalue weighted by atomic mass is 10.2. The predicted molar refractivity (Wildman–Crippen MR) is 80.1 cm³/mol. The average Bonchev–Trinajstić information content (AvgIpc) is 2.43. The van der Waals surface area contributed by atoms with Gasteiger partial charge in [0.15, 0.2) is 0 Å². The van der Waals surface area contributed by atoms with Crippen LogP contribution in [0.25, 0.3) is 0 Å². The first-order valence-corrected chi connectivity index (χ1v) is 7.04. The van der Waals surface area contributed by atoms with Crippen LogP contribution in [0.1, 0.15) is 24.7 Å². The number of rotatable bonds is 7. The fourth-order valence-corrected chi connectivity index (χ4v) is 1.91. The average molecular weight is 293 g/mol. The van der Waals surface area contributed by atoms with Gasteiger partial charge in [-0.3, -0.25) is 9.78 Å². The normalized spacial score (nSPS) is 11.8. The quantitative estimate of drug-likeness (QED) is 0.749. The Kier molecular flexibility index (Phi) is 6.65. The number of aromatic nitrogens is 1. The van der Waals surface area contributed by atoms with Crippen LogP contribution < -0.4 is 5.32 Å². The molecule has 6 nitrogen and oxygen atoms in total. The molecule has 1 heterocycles. The van der Waals surface area contributed by atoms with E-state index < -0.39 is 11.9 Å². The van der Waals surface area contributed by atoms with E-state index in [1.54, 1.807) is 14.0 Å². The van der Waals surface area contributed by atoms with Crippen LogP contribution in [0.15, 0.2) is 18.2 Å². The minimum atomic E-state index is -0.903. The molecule has 116 valence electrons. The Balaban J connectivity index is 2.25. The molecule has 0 aliphatic carbocycles. The predicted octanol–water partition coefficient (Wildman–Crippen LogP) is 1.68. The van der Waals surface area contributed by atoms with E-state index in [2.05, 4.69) is 10.3 Å². The van der Waals surface area contributed by atoms with E-state index in [1.807, 2.05) is 25.1 Å². The molecule has 0 bridgehead atoms. The minimum absolute atomic E-state index is 0.195. The van der Waals surface area contributed by atoms with Crippen LogP contribution in [0, 0.1) is 12.8 Å². The van der Waals surface area contributed by atoms with Crippen molar-refractivity contribution >= 4 is 12.0 Å². The smallest absolute Gasteiger partial charge is 0.317 e. The van der Waals surface area contributed by atoms with Gasteiger partial charge in [0, 0.05) is 31.5 Å². The molecule has 1 unspecified atom stereocenters. The van der Waals surface area contributed by atoms with Crippen molar-refractivity contribution in [2.24, 2.45) is 5.92 Å². The summed E-state index contributed by atoms with van der Waals surface area (Å²) in [5.74, 6) is -1.47. The lowest BCUT2D eigenvalue weighted by molar-refractivity contribution is -0.141. The number of carboxylic acids is 1. The standard InChI is InChI=1S/C15H23N3O3/c1-11(14(19)20)10-18(3)15(21)16-9-5-8-13-7-4-6-12(2)17-13/h4,6-7,11H,5,8-10H2,1-3H3,(H,16,21)(H,19,20). The molecular weight excluding hydrogens is 270 g/mol. The van der Waals surface area contributed by atoms with E-state index in [0.717, 1.165) is 24.2 Å². The van der Waals surface area contributed by atoms with Gasteiger partial charge in [-0.05, 0) is 31.9 Å². The van der Waals surface area contributed by atoms with Crippen molar-refractivity contribution in [2.75, 3.05) is 20.1 Å². The number of amides is 2. The summed E-state index contributed by atoms with van der Waals surface area (Å²) in [6.45, 7) is 4.26. The number of nitrogens with one attached hydrogen (secondary N) is 1. The molecule has 2 N–H and O–H groups in total. The van der Waals surface area contributed by atoms with Crippen molar-refractivity contribution in [2.45, 2.75) is 26.7 Å². The van der Waals surface area contributed by atoms with Crippen molar-refractivity contribution in [3.05, 3.63) is 29.6 Å². The highest BCUT2D eigenvalue weighted by Crippen LogP contribution is 2.02. The number of pyridine rings is 1. The van der Waals surface area contributed by atoms with Gasteiger partial charge in [0.25, 0.3) is 0 Å². The van der Waals surface area contributed by atoms with Crippen LogP contribution in [0.3, 0.4) is 0 Å². The Hall–Kier alpha value is -2.11. The summed E-state index contributed by atoms with van der Waals surface area (Å²) < 4.78 is 0. The van der Waals surface area contributed by atoms with E-state index in [4.69, 9.17) is 5.11 Å². The van der Waals surface area contributed by atoms with E-state index in [-0.39, 0.29) is 12.6 Å². The van der Waals surface area contributed by atoms with Gasteiger partial charge in [0.1, 0.15) is 0 Å². The van der Waals surface area contributed by atoms with E-state index in [9.17, 15) is 9.59 Å². The number of urea groups is 1. The zero-order valence-electron chi connectivity index (χ0n) is 12.8. The second-order valence-corrected chi connectivity index (χ2v) is 5.23. The Morgan fingerprint density at radius 1 is 1.43 bits per heavy atom. The summed E-state index contributed by atoms with van der Waals surface area (Å²) in [7, 11) is 1.59. The number of carbonyl (C=O) groups excluding carboxylic acids is 1. The summed E-state index contributed by atoms with van der Waals surface area (Å²) in [4.78, 5) is 28.3. The Labute approximate surface area is 125 Å². The second-order valence-electron chi connectivity index (χ2n) is 5.23. The first kappa shape index (κ1) is 16.9. The SMILES string of the molecule is Cc1cccc(CCCNC(=O)N(C)CC(C)C(=O)O)n1. The summed E-state index contributed by atoms with van der Waals surface area (Å²) in [5, 5.41) is 11.6. The summed E-state index contributed by atoms with van der Waals surface area (Å²) in [6, 6.07) is 5.64. The van der Waals surface area contributed by atoms with Crippen molar-refractivity contribution in [1.29, 1.82) is 0 Å². The molecule has 1 atom stereocenters. The zero-order valence-corrected chi connectivity index (χ0v) is 12.8. The van der Waals surface area contributed by atoms with Gasteiger partial charge in [-0.2, -0.15) is 0 Å². The number of carboxylic acid groups (broad SMARTS) is 1. The third-order valence-corrected chi connectivity index (χ3v) is 3.15. The van der Waals surface area contributed by atoms with Gasteiger partial charge >= 0.3 is 12.0 Å². The van der Waals surface area contributed by atoms with Gasteiger partial charge in [-0.1, -0.05) is 13.0 Å². The Morgan fingerprint density at radius 2 is 2.14 bits per heavy atom. The van der Waals surface area contributed by atoms with E-state index in [1.165, 1.54) is 4.90 Å². The van der Waals surface area contributed by atoms with Gasteiger partial charge < -0.3 is 15.3 Å². The fraction of sp³-hybridized carbons (Fsp3) is 0.533. The Bertz CT molecular complexity index is 491. The number of aliphatic carboxylic acids is 1. The molecule has 0 fully saturated rings. The highest BCUT2D eigenvalue weighted by molar-refractivity contribution is 5.75. The lowest BCUT2D eigenvalue weighted by Crippen LogP contribution is -2.41. The first-order chi connectivity index (χ1) is 9.90. The molecule has 0 saturated heterocycles. The lowest BCUT2D eigenvalue weighted by Gasteiger charge is -2.19. The van der Waals surface area contributed by atoms with Gasteiger partial charge in [-0.25, -0.2) is 4.79 Å². The van der Waals surface area contributed by atoms with Crippen molar-refractivity contribution < 1.29 is 14.7 Å². The first-order valence-electron chi connectivity index (χ1n) is 7.04. The molecule has 0 saturated carbocycles. The number of hydrogen-bond donors (Lipinski definition) is 2. The van der Waals surface area contributed by atoms with Crippen LogP contribution in [0.2, 0.25) is 0 Å². The largest absolute Gasteiger partial charge is 0.481 e. The molecule has 0 aromatic carbocycles. The molecule has 6 heteroatoms. The molecule has 2 amide bonds. The fourth-order valence-electron chi connectivity index (χ4n) is 1.91. The number of nitrogens with zero attached hydrogens (tertiary/aromatic N) is 2. The minimum Gasteiger partial charge on any atom is -0.481 e. The zero-order chi connectivity index (χ0) is 15.8. The number of aryl methyl sites for hydroxylation is 2. The molecule has 0 radical (unpaired) electrons. The maximum absolute atomic E-state index is 11.8. The molecule has 0 aliphatic rings.